The molecule has 29 heavy (non-hydrogen) atoms. The van der Waals surface area contributed by atoms with Gasteiger partial charge in [0.2, 0.25) is 5.91 Å². The Bertz CT molecular complexity index is 1030. The maximum Gasteiger partial charge on any atom is 0.269 e. The molecule has 9 heteroatoms. The first-order valence-corrected chi connectivity index (χ1v) is 9.99. The standard InChI is InChI=1S/C20H21N5O3S/c1-4-24-18(15-9-11-16(12-10-15)25(27)28)22-23-20(24)29-14(3)19(26)21-17-8-6-5-7-13(17)2/h5-12,14H,4H2,1-3H3,(H,21,26)/t14-/m1/s1. The molecule has 1 atom stereocenters. The van der Waals surface area contributed by atoms with E-state index in [1.807, 2.05) is 49.6 Å². The first kappa shape index (κ1) is 20.5. The topological polar surface area (TPSA) is 103 Å². The fraction of sp³-hybridized carbons (Fsp3) is 0.250. The smallest absolute Gasteiger partial charge is 0.269 e. The van der Waals surface area contributed by atoms with Crippen LogP contribution in [0.15, 0.2) is 53.7 Å². The molecule has 1 N–H and O–H groups in total. The highest BCUT2D eigenvalue weighted by atomic mass is 32.2. The number of non-ortho nitro benzene ring substituents is 1. The van der Waals surface area contributed by atoms with Gasteiger partial charge in [0.15, 0.2) is 11.0 Å². The van der Waals surface area contributed by atoms with Crippen molar-refractivity contribution in [3.63, 3.8) is 0 Å². The van der Waals surface area contributed by atoms with Crippen molar-refractivity contribution in [2.45, 2.75) is 37.7 Å². The number of anilines is 1. The van der Waals surface area contributed by atoms with Gasteiger partial charge in [0.05, 0.1) is 10.2 Å². The number of nitro benzene ring substituents is 1. The number of hydrogen-bond acceptors (Lipinski definition) is 6. The summed E-state index contributed by atoms with van der Waals surface area (Å²) in [6, 6.07) is 13.8. The van der Waals surface area contributed by atoms with E-state index in [1.54, 1.807) is 12.1 Å². The third kappa shape index (κ3) is 4.62. The number of thioether (sulfide) groups is 1. The summed E-state index contributed by atoms with van der Waals surface area (Å²) >= 11 is 1.32. The molecular formula is C20H21N5O3S. The first-order valence-electron chi connectivity index (χ1n) is 9.12. The molecule has 0 unspecified atom stereocenters. The number of nitrogens with zero attached hydrogens (tertiary/aromatic N) is 4. The van der Waals surface area contributed by atoms with Crippen LogP contribution in [-0.4, -0.2) is 30.8 Å². The highest BCUT2D eigenvalue weighted by Crippen LogP contribution is 2.28. The molecule has 0 aliphatic rings. The van der Waals surface area contributed by atoms with Gasteiger partial charge in [-0.05, 0) is 44.5 Å². The van der Waals surface area contributed by atoms with Gasteiger partial charge in [0, 0.05) is 29.9 Å². The van der Waals surface area contributed by atoms with Crippen molar-refractivity contribution in [1.82, 2.24) is 14.8 Å². The molecule has 1 aromatic heterocycles. The average molecular weight is 411 g/mol. The molecule has 1 heterocycles. The normalized spacial score (nSPS) is 11.8. The van der Waals surface area contributed by atoms with Gasteiger partial charge in [0.25, 0.3) is 5.69 Å². The van der Waals surface area contributed by atoms with Crippen molar-refractivity contribution in [2.75, 3.05) is 5.32 Å². The Labute approximate surface area is 172 Å². The van der Waals surface area contributed by atoms with Gasteiger partial charge in [0.1, 0.15) is 0 Å². The second kappa shape index (κ2) is 8.87. The quantitative estimate of drug-likeness (QED) is 0.353. The summed E-state index contributed by atoms with van der Waals surface area (Å²) in [7, 11) is 0. The SMILES string of the molecule is CCn1c(S[C@H](C)C(=O)Nc2ccccc2C)nnc1-c1ccc([N+](=O)[O-])cc1. The van der Waals surface area contributed by atoms with E-state index in [1.165, 1.54) is 23.9 Å². The zero-order valence-electron chi connectivity index (χ0n) is 16.3. The molecule has 150 valence electrons. The van der Waals surface area contributed by atoms with E-state index in [0.717, 1.165) is 16.8 Å². The van der Waals surface area contributed by atoms with E-state index in [0.29, 0.717) is 17.5 Å². The van der Waals surface area contributed by atoms with Crippen LogP contribution in [0, 0.1) is 17.0 Å². The van der Waals surface area contributed by atoms with Gasteiger partial charge in [-0.1, -0.05) is 30.0 Å². The maximum absolute atomic E-state index is 12.6. The molecule has 0 aliphatic heterocycles. The minimum Gasteiger partial charge on any atom is -0.325 e. The highest BCUT2D eigenvalue weighted by Gasteiger charge is 2.21. The van der Waals surface area contributed by atoms with Crippen molar-refractivity contribution in [2.24, 2.45) is 0 Å². The van der Waals surface area contributed by atoms with Crippen LogP contribution in [0.1, 0.15) is 19.4 Å². The van der Waals surface area contributed by atoms with Crippen molar-refractivity contribution in [3.05, 3.63) is 64.2 Å². The Balaban J connectivity index is 1.76. The molecule has 0 saturated carbocycles. The third-order valence-electron chi connectivity index (χ3n) is 4.42. The van der Waals surface area contributed by atoms with Crippen LogP contribution < -0.4 is 5.32 Å². The lowest BCUT2D eigenvalue weighted by Gasteiger charge is -2.14. The fourth-order valence-electron chi connectivity index (χ4n) is 2.77. The maximum atomic E-state index is 12.6. The Hall–Kier alpha value is -3.20. The van der Waals surface area contributed by atoms with Crippen LogP contribution in [0.5, 0.6) is 0 Å². The monoisotopic (exact) mass is 411 g/mol. The van der Waals surface area contributed by atoms with Gasteiger partial charge in [-0.2, -0.15) is 0 Å². The lowest BCUT2D eigenvalue weighted by atomic mass is 10.2. The molecule has 0 aliphatic carbocycles. The van der Waals surface area contributed by atoms with Crippen LogP contribution in [0.3, 0.4) is 0 Å². The second-order valence-electron chi connectivity index (χ2n) is 6.42. The van der Waals surface area contributed by atoms with Gasteiger partial charge in [-0.15, -0.1) is 10.2 Å². The number of amides is 1. The minimum absolute atomic E-state index is 0.0208. The van der Waals surface area contributed by atoms with Gasteiger partial charge >= 0.3 is 0 Å². The van der Waals surface area contributed by atoms with Gasteiger partial charge in [-0.25, -0.2) is 0 Å². The Morgan fingerprint density at radius 1 is 1.21 bits per heavy atom. The van der Waals surface area contributed by atoms with Crippen LogP contribution in [0.25, 0.3) is 11.4 Å². The van der Waals surface area contributed by atoms with Crippen LogP contribution in [0.2, 0.25) is 0 Å². The van der Waals surface area contributed by atoms with Crippen molar-refractivity contribution in [1.29, 1.82) is 0 Å². The van der Waals surface area contributed by atoms with E-state index in [2.05, 4.69) is 15.5 Å². The lowest BCUT2D eigenvalue weighted by molar-refractivity contribution is -0.384. The number of nitro groups is 1. The molecule has 0 bridgehead atoms. The number of benzene rings is 2. The zero-order chi connectivity index (χ0) is 21.0. The van der Waals surface area contributed by atoms with Gasteiger partial charge in [-0.3, -0.25) is 14.9 Å². The molecule has 0 radical (unpaired) electrons. The molecule has 1 amide bonds. The Morgan fingerprint density at radius 3 is 2.52 bits per heavy atom. The summed E-state index contributed by atoms with van der Waals surface area (Å²) in [4.78, 5) is 23.0. The summed E-state index contributed by atoms with van der Waals surface area (Å²) in [5.41, 5.74) is 2.53. The molecular weight excluding hydrogens is 390 g/mol. The zero-order valence-corrected chi connectivity index (χ0v) is 17.1. The number of rotatable bonds is 7. The Morgan fingerprint density at radius 2 is 1.90 bits per heavy atom. The lowest BCUT2D eigenvalue weighted by Crippen LogP contribution is -2.23. The molecule has 3 rings (SSSR count). The van der Waals surface area contributed by atoms with Crippen LogP contribution >= 0.6 is 11.8 Å². The average Bonchev–Trinajstić information content (AvgIpc) is 3.12. The second-order valence-corrected chi connectivity index (χ2v) is 7.73. The van der Waals surface area contributed by atoms with Crippen LogP contribution in [-0.2, 0) is 11.3 Å². The minimum atomic E-state index is -0.440. The van der Waals surface area contributed by atoms with E-state index >= 15 is 0 Å². The molecule has 0 spiro atoms. The van der Waals surface area contributed by atoms with E-state index < -0.39 is 4.92 Å². The summed E-state index contributed by atoms with van der Waals surface area (Å²) in [5, 5.41) is 22.5. The van der Waals surface area contributed by atoms with E-state index in [4.69, 9.17) is 0 Å². The number of nitrogens with one attached hydrogen (secondary N) is 1. The number of carbonyl (C=O) groups is 1. The number of aryl methyl sites for hydroxylation is 1. The van der Waals surface area contributed by atoms with Crippen molar-refractivity contribution in [3.8, 4) is 11.4 Å². The largest absolute Gasteiger partial charge is 0.325 e. The van der Waals surface area contributed by atoms with Crippen LogP contribution in [0.4, 0.5) is 11.4 Å². The summed E-state index contributed by atoms with van der Waals surface area (Å²) in [5.74, 6) is 0.489. The molecule has 3 aromatic rings. The molecule has 0 saturated heterocycles. The highest BCUT2D eigenvalue weighted by molar-refractivity contribution is 8.00. The van der Waals surface area contributed by atoms with Crippen molar-refractivity contribution < 1.29 is 9.72 Å². The number of hydrogen-bond donors (Lipinski definition) is 1. The van der Waals surface area contributed by atoms with E-state index in [9.17, 15) is 14.9 Å². The predicted molar refractivity (Wildman–Crippen MR) is 113 cm³/mol. The molecule has 0 fully saturated rings. The van der Waals surface area contributed by atoms with Gasteiger partial charge < -0.3 is 9.88 Å². The Kier molecular flexibility index (Phi) is 6.28. The predicted octanol–water partition coefficient (Wildman–Crippen LogP) is 4.30. The summed E-state index contributed by atoms with van der Waals surface area (Å²) < 4.78 is 1.89. The number of para-hydroxylation sites is 1. The first-order chi connectivity index (χ1) is 13.9. The molecule has 2 aromatic carbocycles. The summed E-state index contributed by atoms with van der Waals surface area (Å²) in [6.45, 7) is 6.32. The van der Waals surface area contributed by atoms with Crippen molar-refractivity contribution >= 4 is 29.0 Å². The number of carbonyl (C=O) groups excluding carboxylic acids is 1. The third-order valence-corrected chi connectivity index (χ3v) is 5.50. The summed E-state index contributed by atoms with van der Waals surface area (Å²) in [6.07, 6.45) is 0. The molecule has 8 nitrogen and oxygen atoms in total. The van der Waals surface area contributed by atoms with E-state index in [-0.39, 0.29) is 16.8 Å². The number of aromatic nitrogens is 3. The fourth-order valence-corrected chi connectivity index (χ4v) is 3.68.